The van der Waals surface area contributed by atoms with Gasteiger partial charge < -0.3 is 15.2 Å². The number of hydrogen-bond acceptors (Lipinski definition) is 4. The fourth-order valence-corrected chi connectivity index (χ4v) is 3.31. The van der Waals surface area contributed by atoms with Crippen molar-refractivity contribution in [2.45, 2.75) is 12.5 Å². The number of nitrogens with one attached hydrogen (secondary N) is 1. The fraction of sp³-hybridized carbons (Fsp3) is 0.250. The highest BCUT2D eigenvalue weighted by Gasteiger charge is 2.25. The van der Waals surface area contributed by atoms with Crippen LogP contribution in [0.1, 0.15) is 33.2 Å². The maximum atomic E-state index is 12.4. The number of phenolic OH excluding ortho intramolecular Hbond substituents is 1. The quantitative estimate of drug-likeness (QED) is 0.835. The molecular weight excluding hydrogens is 302 g/mol. The third-order valence-corrected chi connectivity index (χ3v) is 4.58. The van der Waals surface area contributed by atoms with Crippen molar-refractivity contribution in [1.29, 1.82) is 0 Å². The van der Waals surface area contributed by atoms with Gasteiger partial charge in [0.25, 0.3) is 0 Å². The standard InChI is InChI=1S/C20H19NO3/c22-17-5-6-18-15(11-17)10-16(20(18)23)9-13-1-3-14(4-2-13)19-12-21-7-8-24-19/h1-6,9,11,19,21-22H,7-8,10,12H2. The monoisotopic (exact) mass is 321 g/mol. The molecule has 4 nitrogen and oxygen atoms in total. The summed E-state index contributed by atoms with van der Waals surface area (Å²) in [5.74, 6) is 0.252. The molecule has 0 aromatic heterocycles. The first-order chi connectivity index (χ1) is 11.7. The zero-order chi connectivity index (χ0) is 16.5. The molecule has 1 aliphatic carbocycles. The molecule has 1 saturated heterocycles. The number of ketones is 1. The molecule has 24 heavy (non-hydrogen) atoms. The van der Waals surface area contributed by atoms with E-state index in [-0.39, 0.29) is 17.6 Å². The van der Waals surface area contributed by atoms with Gasteiger partial charge in [-0.3, -0.25) is 4.79 Å². The van der Waals surface area contributed by atoms with Crippen molar-refractivity contribution in [2.75, 3.05) is 19.7 Å². The lowest BCUT2D eigenvalue weighted by atomic mass is 10.0. The van der Waals surface area contributed by atoms with E-state index in [1.54, 1.807) is 18.2 Å². The zero-order valence-corrected chi connectivity index (χ0v) is 13.3. The Labute approximate surface area is 140 Å². The van der Waals surface area contributed by atoms with E-state index in [1.807, 2.05) is 18.2 Å². The molecule has 1 fully saturated rings. The van der Waals surface area contributed by atoms with Gasteiger partial charge in [-0.2, -0.15) is 0 Å². The van der Waals surface area contributed by atoms with E-state index in [0.29, 0.717) is 12.0 Å². The van der Waals surface area contributed by atoms with Crippen LogP contribution >= 0.6 is 0 Å². The highest BCUT2D eigenvalue weighted by Crippen LogP contribution is 2.30. The summed E-state index contributed by atoms with van der Waals surface area (Å²) >= 11 is 0. The summed E-state index contributed by atoms with van der Waals surface area (Å²) in [6, 6.07) is 13.1. The van der Waals surface area contributed by atoms with E-state index in [9.17, 15) is 9.90 Å². The average Bonchev–Trinajstić information content (AvgIpc) is 2.91. The molecule has 2 aromatic rings. The number of Topliss-reactive ketones (excluding diaryl/α,β-unsaturated/α-hetero) is 1. The molecule has 1 heterocycles. The SMILES string of the molecule is O=C1C(=Cc2ccc(C3CNCCO3)cc2)Cc2cc(O)ccc21. The Balaban J connectivity index is 1.55. The smallest absolute Gasteiger partial charge is 0.189 e. The molecule has 2 N–H and O–H groups in total. The number of allylic oxidation sites excluding steroid dienone is 1. The molecule has 0 spiro atoms. The number of rotatable bonds is 2. The van der Waals surface area contributed by atoms with Crippen molar-refractivity contribution < 1.29 is 14.6 Å². The molecule has 4 heteroatoms. The van der Waals surface area contributed by atoms with Gasteiger partial charge in [-0.15, -0.1) is 0 Å². The van der Waals surface area contributed by atoms with Crippen LogP contribution in [0.5, 0.6) is 5.75 Å². The lowest BCUT2D eigenvalue weighted by Gasteiger charge is -2.23. The Kier molecular flexibility index (Phi) is 3.92. The van der Waals surface area contributed by atoms with Gasteiger partial charge in [0.05, 0.1) is 12.7 Å². The van der Waals surface area contributed by atoms with Gasteiger partial charge in [-0.05, 0) is 41.0 Å². The second-order valence-electron chi connectivity index (χ2n) is 6.25. The largest absolute Gasteiger partial charge is 0.508 e. The predicted molar refractivity (Wildman–Crippen MR) is 92.1 cm³/mol. The maximum absolute atomic E-state index is 12.4. The minimum atomic E-state index is 0.0499. The molecule has 0 radical (unpaired) electrons. The van der Waals surface area contributed by atoms with Gasteiger partial charge in [0.15, 0.2) is 5.78 Å². The summed E-state index contributed by atoms with van der Waals surface area (Å²) in [5, 5.41) is 12.9. The Morgan fingerprint density at radius 3 is 2.75 bits per heavy atom. The van der Waals surface area contributed by atoms with Crippen LogP contribution < -0.4 is 5.32 Å². The molecule has 0 amide bonds. The Morgan fingerprint density at radius 1 is 1.17 bits per heavy atom. The predicted octanol–water partition coefficient (Wildman–Crippen LogP) is 2.88. The van der Waals surface area contributed by atoms with Crippen LogP contribution in [0.2, 0.25) is 0 Å². The van der Waals surface area contributed by atoms with Crippen molar-refractivity contribution in [3.8, 4) is 5.75 Å². The summed E-state index contributed by atoms with van der Waals surface area (Å²) in [4.78, 5) is 12.4. The number of aromatic hydroxyl groups is 1. The van der Waals surface area contributed by atoms with Crippen molar-refractivity contribution in [2.24, 2.45) is 0 Å². The fourth-order valence-electron chi connectivity index (χ4n) is 3.31. The summed E-state index contributed by atoms with van der Waals surface area (Å²) < 4.78 is 5.75. The molecule has 0 bridgehead atoms. The number of carbonyl (C=O) groups is 1. The second-order valence-corrected chi connectivity index (χ2v) is 6.25. The van der Waals surface area contributed by atoms with Crippen LogP contribution in [0.25, 0.3) is 6.08 Å². The van der Waals surface area contributed by atoms with Gasteiger partial charge in [0.1, 0.15) is 5.75 Å². The number of phenols is 1. The third kappa shape index (κ3) is 2.86. The van der Waals surface area contributed by atoms with E-state index in [0.717, 1.165) is 42.0 Å². The normalized spacial score (nSPS) is 21.9. The minimum Gasteiger partial charge on any atom is -0.508 e. The number of ether oxygens (including phenoxy) is 1. The summed E-state index contributed by atoms with van der Waals surface area (Å²) in [7, 11) is 0. The number of hydrogen-bond donors (Lipinski definition) is 2. The average molecular weight is 321 g/mol. The molecule has 2 aliphatic rings. The summed E-state index contributed by atoms with van der Waals surface area (Å²) in [6.45, 7) is 2.46. The maximum Gasteiger partial charge on any atom is 0.189 e. The molecule has 0 saturated carbocycles. The van der Waals surface area contributed by atoms with Gasteiger partial charge in [-0.1, -0.05) is 24.3 Å². The van der Waals surface area contributed by atoms with Gasteiger partial charge >= 0.3 is 0 Å². The highest BCUT2D eigenvalue weighted by molar-refractivity contribution is 6.15. The van der Waals surface area contributed by atoms with E-state index < -0.39 is 0 Å². The van der Waals surface area contributed by atoms with Crippen molar-refractivity contribution in [3.63, 3.8) is 0 Å². The molecule has 2 aromatic carbocycles. The molecular formula is C20H19NO3. The highest BCUT2D eigenvalue weighted by atomic mass is 16.5. The molecule has 122 valence electrons. The van der Waals surface area contributed by atoms with Gasteiger partial charge in [-0.25, -0.2) is 0 Å². The van der Waals surface area contributed by atoms with Crippen LogP contribution in [0.4, 0.5) is 0 Å². The lowest BCUT2D eigenvalue weighted by molar-refractivity contribution is 0.0277. The summed E-state index contributed by atoms with van der Waals surface area (Å²) in [5.41, 5.74) is 4.50. The molecule has 1 unspecified atom stereocenters. The Morgan fingerprint density at radius 2 is 2.00 bits per heavy atom. The number of morpholine rings is 1. The number of carbonyl (C=O) groups excluding carboxylic acids is 1. The van der Waals surface area contributed by atoms with Gasteiger partial charge in [0, 0.05) is 30.6 Å². The van der Waals surface area contributed by atoms with Crippen LogP contribution in [-0.2, 0) is 11.2 Å². The van der Waals surface area contributed by atoms with Crippen molar-refractivity contribution in [1.82, 2.24) is 5.32 Å². The zero-order valence-electron chi connectivity index (χ0n) is 13.3. The number of fused-ring (bicyclic) bond motifs is 1. The van der Waals surface area contributed by atoms with Crippen molar-refractivity contribution >= 4 is 11.9 Å². The molecule has 1 aliphatic heterocycles. The van der Waals surface area contributed by atoms with Crippen LogP contribution in [-0.4, -0.2) is 30.6 Å². The van der Waals surface area contributed by atoms with Gasteiger partial charge in [0.2, 0.25) is 0 Å². The third-order valence-electron chi connectivity index (χ3n) is 4.58. The second kappa shape index (κ2) is 6.23. The number of benzene rings is 2. The Hall–Kier alpha value is -2.43. The minimum absolute atomic E-state index is 0.0499. The first-order valence-corrected chi connectivity index (χ1v) is 8.20. The Bertz CT molecular complexity index is 802. The molecule has 4 rings (SSSR count). The van der Waals surface area contributed by atoms with E-state index in [4.69, 9.17) is 4.74 Å². The van der Waals surface area contributed by atoms with Crippen LogP contribution in [0, 0.1) is 0 Å². The van der Waals surface area contributed by atoms with Crippen molar-refractivity contribution in [3.05, 3.63) is 70.3 Å². The summed E-state index contributed by atoms with van der Waals surface area (Å²) in [6.07, 6.45) is 2.60. The first-order valence-electron chi connectivity index (χ1n) is 8.20. The van der Waals surface area contributed by atoms with E-state index >= 15 is 0 Å². The molecule has 1 atom stereocenters. The van der Waals surface area contributed by atoms with Crippen LogP contribution in [0.15, 0.2) is 48.0 Å². The topological polar surface area (TPSA) is 58.6 Å². The first kappa shape index (κ1) is 15.1. The van der Waals surface area contributed by atoms with E-state index in [1.165, 1.54) is 0 Å². The van der Waals surface area contributed by atoms with Crippen LogP contribution in [0.3, 0.4) is 0 Å². The lowest BCUT2D eigenvalue weighted by Crippen LogP contribution is -2.33. The van der Waals surface area contributed by atoms with E-state index in [2.05, 4.69) is 17.4 Å².